The van der Waals surface area contributed by atoms with E-state index in [1.54, 1.807) is 0 Å². The Morgan fingerprint density at radius 2 is 1.61 bits per heavy atom. The van der Waals surface area contributed by atoms with Crippen molar-refractivity contribution in [2.45, 2.75) is 32.7 Å². The second-order valence-electron chi connectivity index (χ2n) is 4.72. The highest BCUT2D eigenvalue weighted by atomic mass is 15.1. The molecule has 0 spiro atoms. The van der Waals surface area contributed by atoms with E-state index in [0.29, 0.717) is 11.9 Å². The largest absolute Gasteiger partial charge is 0.351 e. The van der Waals surface area contributed by atoms with Gasteiger partial charge in [-0.25, -0.2) is 9.97 Å². The maximum absolute atomic E-state index is 4.27. The van der Waals surface area contributed by atoms with Crippen molar-refractivity contribution in [2.75, 3.05) is 5.32 Å². The van der Waals surface area contributed by atoms with Gasteiger partial charge in [0, 0.05) is 24.4 Å². The van der Waals surface area contributed by atoms with Crippen LogP contribution >= 0.6 is 0 Å². The molecule has 0 saturated carbocycles. The van der Waals surface area contributed by atoms with E-state index >= 15 is 0 Å². The number of nitrogens with zero attached hydrogens (tertiary/aromatic N) is 2. The average Bonchev–Trinajstić information content (AvgIpc) is 2.41. The Kier molecular flexibility index (Phi) is 3.92. The fraction of sp³-hybridized carbons (Fsp3) is 0.333. The number of aromatic nitrogens is 2. The lowest BCUT2D eigenvalue weighted by Crippen LogP contribution is -2.23. The van der Waals surface area contributed by atoms with Crippen LogP contribution in [0.3, 0.4) is 0 Å². The van der Waals surface area contributed by atoms with E-state index in [9.17, 15) is 0 Å². The molecule has 0 radical (unpaired) electrons. The summed E-state index contributed by atoms with van der Waals surface area (Å²) in [6, 6.07) is 10.8. The topological polar surface area (TPSA) is 37.8 Å². The molecule has 1 aromatic carbocycles. The van der Waals surface area contributed by atoms with Gasteiger partial charge in [0.15, 0.2) is 0 Å². The van der Waals surface area contributed by atoms with Crippen LogP contribution in [0.5, 0.6) is 0 Å². The van der Waals surface area contributed by atoms with Gasteiger partial charge in [-0.15, -0.1) is 0 Å². The van der Waals surface area contributed by atoms with Gasteiger partial charge in [-0.05, 0) is 25.0 Å². The van der Waals surface area contributed by atoms with E-state index in [4.69, 9.17) is 0 Å². The third-order valence-corrected chi connectivity index (χ3v) is 3.21. The van der Waals surface area contributed by atoms with Crippen molar-refractivity contribution in [1.82, 2.24) is 9.97 Å². The fourth-order valence-corrected chi connectivity index (χ4v) is 1.84. The molecule has 2 rings (SSSR count). The van der Waals surface area contributed by atoms with Crippen molar-refractivity contribution in [3.63, 3.8) is 0 Å². The lowest BCUT2D eigenvalue weighted by Gasteiger charge is -2.21. The van der Waals surface area contributed by atoms with Crippen molar-refractivity contribution >= 4 is 5.95 Å². The van der Waals surface area contributed by atoms with Crippen molar-refractivity contribution in [1.29, 1.82) is 0 Å². The second kappa shape index (κ2) is 5.63. The molecular weight excluding hydrogens is 222 g/mol. The van der Waals surface area contributed by atoms with Crippen molar-refractivity contribution in [3.05, 3.63) is 53.9 Å². The van der Waals surface area contributed by atoms with Gasteiger partial charge < -0.3 is 5.32 Å². The molecule has 1 aromatic heterocycles. The van der Waals surface area contributed by atoms with Gasteiger partial charge in [0.1, 0.15) is 0 Å². The number of anilines is 1. The molecule has 3 heteroatoms. The molecular formula is C15H19N3. The van der Waals surface area contributed by atoms with Gasteiger partial charge in [-0.3, -0.25) is 0 Å². The molecule has 0 saturated heterocycles. The Morgan fingerprint density at radius 1 is 1.00 bits per heavy atom. The molecule has 0 fully saturated rings. The SMILES string of the molecule is Cc1cnc(NC(C)C(C)c2ccccc2)nc1. The monoisotopic (exact) mass is 241 g/mol. The number of hydrogen-bond acceptors (Lipinski definition) is 3. The van der Waals surface area contributed by atoms with Crippen LogP contribution in [0, 0.1) is 6.92 Å². The summed E-state index contributed by atoms with van der Waals surface area (Å²) in [7, 11) is 0. The zero-order valence-electron chi connectivity index (χ0n) is 11.1. The normalized spacial score (nSPS) is 13.9. The summed E-state index contributed by atoms with van der Waals surface area (Å²) in [6.07, 6.45) is 3.66. The zero-order chi connectivity index (χ0) is 13.0. The number of rotatable bonds is 4. The first-order valence-electron chi connectivity index (χ1n) is 6.27. The van der Waals surface area contributed by atoms with Crippen LogP contribution in [0.4, 0.5) is 5.95 Å². The van der Waals surface area contributed by atoms with E-state index in [2.05, 4.69) is 53.4 Å². The summed E-state index contributed by atoms with van der Waals surface area (Å²) in [4.78, 5) is 8.54. The predicted octanol–water partition coefficient (Wildman–Crippen LogP) is 3.39. The highest BCUT2D eigenvalue weighted by Gasteiger charge is 2.14. The van der Waals surface area contributed by atoms with Gasteiger partial charge in [-0.1, -0.05) is 37.3 Å². The highest BCUT2D eigenvalue weighted by molar-refractivity contribution is 5.29. The first-order chi connectivity index (χ1) is 8.66. The summed E-state index contributed by atoms with van der Waals surface area (Å²) >= 11 is 0. The van der Waals surface area contributed by atoms with Crippen LogP contribution in [-0.4, -0.2) is 16.0 Å². The summed E-state index contributed by atoms with van der Waals surface area (Å²) in [5.74, 6) is 1.10. The molecule has 0 aliphatic heterocycles. The van der Waals surface area contributed by atoms with Crippen molar-refractivity contribution in [3.8, 4) is 0 Å². The van der Waals surface area contributed by atoms with E-state index in [-0.39, 0.29) is 6.04 Å². The molecule has 0 aliphatic carbocycles. The lowest BCUT2D eigenvalue weighted by molar-refractivity contribution is 0.644. The van der Waals surface area contributed by atoms with E-state index < -0.39 is 0 Å². The molecule has 94 valence electrons. The van der Waals surface area contributed by atoms with Crippen LogP contribution in [0.2, 0.25) is 0 Å². The number of hydrogen-bond donors (Lipinski definition) is 1. The standard InChI is InChI=1S/C15H19N3/c1-11-9-16-15(17-10-11)18-13(3)12(2)14-7-5-4-6-8-14/h4-10,12-13H,1-3H3,(H,16,17,18). The maximum Gasteiger partial charge on any atom is 0.222 e. The molecule has 0 amide bonds. The molecule has 18 heavy (non-hydrogen) atoms. The Hall–Kier alpha value is -1.90. The van der Waals surface area contributed by atoms with Crippen LogP contribution in [0.1, 0.15) is 30.9 Å². The Labute approximate surface area is 108 Å². The molecule has 0 bridgehead atoms. The van der Waals surface area contributed by atoms with Crippen molar-refractivity contribution < 1.29 is 0 Å². The molecule has 0 aliphatic rings. The van der Waals surface area contributed by atoms with Gasteiger partial charge in [0.05, 0.1) is 0 Å². The molecule has 1 N–H and O–H groups in total. The highest BCUT2D eigenvalue weighted by Crippen LogP contribution is 2.20. The maximum atomic E-state index is 4.27. The van der Waals surface area contributed by atoms with Gasteiger partial charge in [0.2, 0.25) is 5.95 Å². The van der Waals surface area contributed by atoms with Crippen LogP contribution < -0.4 is 5.32 Å². The van der Waals surface area contributed by atoms with Crippen LogP contribution in [0.15, 0.2) is 42.7 Å². The second-order valence-corrected chi connectivity index (χ2v) is 4.72. The van der Waals surface area contributed by atoms with Gasteiger partial charge in [0.25, 0.3) is 0 Å². The zero-order valence-corrected chi connectivity index (χ0v) is 11.1. The lowest BCUT2D eigenvalue weighted by atomic mass is 9.95. The summed E-state index contributed by atoms with van der Waals surface area (Å²) in [6.45, 7) is 6.35. The first-order valence-corrected chi connectivity index (χ1v) is 6.27. The van der Waals surface area contributed by atoms with Crippen LogP contribution in [-0.2, 0) is 0 Å². The molecule has 2 unspecified atom stereocenters. The predicted molar refractivity (Wildman–Crippen MR) is 74.7 cm³/mol. The van der Waals surface area contributed by atoms with Crippen molar-refractivity contribution in [2.24, 2.45) is 0 Å². The first kappa shape index (κ1) is 12.6. The smallest absolute Gasteiger partial charge is 0.222 e. The summed E-state index contributed by atoms with van der Waals surface area (Å²) < 4.78 is 0. The Bertz CT molecular complexity index is 479. The van der Waals surface area contributed by atoms with E-state index in [1.165, 1.54) is 5.56 Å². The van der Waals surface area contributed by atoms with E-state index in [0.717, 1.165) is 5.56 Å². The third kappa shape index (κ3) is 3.06. The number of benzene rings is 1. The average molecular weight is 241 g/mol. The molecule has 2 atom stereocenters. The summed E-state index contributed by atoms with van der Waals surface area (Å²) in [5, 5.41) is 3.35. The Balaban J connectivity index is 2.03. The Morgan fingerprint density at radius 3 is 2.22 bits per heavy atom. The van der Waals surface area contributed by atoms with Gasteiger partial charge in [-0.2, -0.15) is 0 Å². The van der Waals surface area contributed by atoms with Gasteiger partial charge >= 0.3 is 0 Å². The third-order valence-electron chi connectivity index (χ3n) is 3.21. The molecule has 1 heterocycles. The fourth-order valence-electron chi connectivity index (χ4n) is 1.84. The quantitative estimate of drug-likeness (QED) is 0.891. The minimum absolute atomic E-state index is 0.287. The minimum atomic E-state index is 0.287. The molecule has 3 nitrogen and oxygen atoms in total. The number of nitrogens with one attached hydrogen (secondary N) is 1. The minimum Gasteiger partial charge on any atom is -0.351 e. The van der Waals surface area contributed by atoms with E-state index in [1.807, 2.05) is 25.4 Å². The molecule has 2 aromatic rings. The van der Waals surface area contributed by atoms with Crippen LogP contribution in [0.25, 0.3) is 0 Å². The number of aryl methyl sites for hydroxylation is 1. The summed E-state index contributed by atoms with van der Waals surface area (Å²) in [5.41, 5.74) is 2.40.